The fourth-order valence-electron chi connectivity index (χ4n) is 3.18. The van der Waals surface area contributed by atoms with Crippen LogP contribution in [-0.2, 0) is 11.4 Å². The van der Waals surface area contributed by atoms with Crippen LogP contribution in [0.25, 0.3) is 6.08 Å². The van der Waals surface area contributed by atoms with Crippen molar-refractivity contribution in [3.05, 3.63) is 113 Å². The Bertz CT molecular complexity index is 1260. The minimum atomic E-state index is -1.10. The van der Waals surface area contributed by atoms with Gasteiger partial charge in [0.25, 0.3) is 0 Å². The van der Waals surface area contributed by atoms with Crippen LogP contribution < -0.4 is 9.47 Å². The van der Waals surface area contributed by atoms with Gasteiger partial charge in [0, 0.05) is 17.7 Å². The molecular weight excluding hydrogens is 444 g/mol. The number of aliphatic hydroxyl groups is 1. The number of carboxylic acid groups (broad SMARTS) is 1. The lowest BCUT2D eigenvalue weighted by Gasteiger charge is -2.12. The molecule has 3 aromatic carbocycles. The molecule has 0 amide bonds. The average molecular weight is 471 g/mol. The summed E-state index contributed by atoms with van der Waals surface area (Å²) in [6.45, 7) is 1.89. The summed E-state index contributed by atoms with van der Waals surface area (Å²) in [5.41, 5.74) is 3.09. The van der Waals surface area contributed by atoms with Crippen LogP contribution in [0.1, 0.15) is 29.2 Å². The van der Waals surface area contributed by atoms with E-state index in [1.807, 2.05) is 54.6 Å². The Balaban J connectivity index is 1.64. The summed E-state index contributed by atoms with van der Waals surface area (Å²) >= 11 is 0. The van der Waals surface area contributed by atoms with Crippen molar-refractivity contribution in [3.63, 3.8) is 0 Å². The van der Waals surface area contributed by atoms with Crippen molar-refractivity contribution >= 4 is 23.5 Å². The van der Waals surface area contributed by atoms with Crippen LogP contribution in [0, 0.1) is 10.8 Å². The number of aliphatic hydroxyl groups excluding tert-OH is 1. The minimum absolute atomic E-state index is 0.0306. The lowest BCUT2D eigenvalue weighted by Crippen LogP contribution is -2.11. The average Bonchev–Trinajstić information content (AvgIpc) is 2.85. The van der Waals surface area contributed by atoms with Crippen molar-refractivity contribution in [1.82, 2.24) is 0 Å². The molecule has 3 aromatic rings. The first-order valence-corrected chi connectivity index (χ1v) is 10.8. The van der Waals surface area contributed by atoms with Crippen LogP contribution in [0.2, 0.25) is 0 Å². The quantitative estimate of drug-likeness (QED) is 0.164. The maximum absolute atomic E-state index is 10.9. The Morgan fingerprint density at radius 2 is 1.60 bits per heavy atom. The summed E-state index contributed by atoms with van der Waals surface area (Å²) in [6.07, 6.45) is 3.67. The molecule has 0 aliphatic rings. The predicted octanol–water partition coefficient (Wildman–Crippen LogP) is 5.64. The molecule has 35 heavy (non-hydrogen) atoms. The van der Waals surface area contributed by atoms with E-state index >= 15 is 0 Å². The van der Waals surface area contributed by atoms with Gasteiger partial charge in [0.15, 0.2) is 0 Å². The molecule has 0 bridgehead atoms. The largest absolute Gasteiger partial charge is 0.513 e. The Hall–Kier alpha value is -4.65. The van der Waals surface area contributed by atoms with Gasteiger partial charge in [-0.1, -0.05) is 48.5 Å². The second-order valence-electron chi connectivity index (χ2n) is 7.69. The SMILES string of the molecule is C/C(O)=C/C(=N)c1cc(OCc2ccc(OCC(=N)c3ccccc3)cc2)ccc1/C=C/C(=O)O. The first kappa shape index (κ1) is 25.0. The van der Waals surface area contributed by atoms with Crippen LogP contribution in [0.3, 0.4) is 0 Å². The van der Waals surface area contributed by atoms with E-state index in [4.69, 9.17) is 25.4 Å². The zero-order chi connectivity index (χ0) is 25.2. The van der Waals surface area contributed by atoms with E-state index in [-0.39, 0.29) is 24.7 Å². The van der Waals surface area contributed by atoms with Gasteiger partial charge in [-0.15, -0.1) is 0 Å². The number of benzene rings is 3. The highest BCUT2D eigenvalue weighted by atomic mass is 16.5. The summed E-state index contributed by atoms with van der Waals surface area (Å²) < 4.78 is 11.6. The second-order valence-corrected chi connectivity index (χ2v) is 7.69. The number of aliphatic carboxylic acids is 1. The van der Waals surface area contributed by atoms with Crippen molar-refractivity contribution in [3.8, 4) is 11.5 Å². The first-order chi connectivity index (χ1) is 16.8. The van der Waals surface area contributed by atoms with Crippen molar-refractivity contribution < 1.29 is 24.5 Å². The monoisotopic (exact) mass is 470 g/mol. The molecule has 0 aromatic heterocycles. The number of carbonyl (C=O) groups is 1. The summed E-state index contributed by atoms with van der Waals surface area (Å²) in [7, 11) is 0. The molecule has 7 nitrogen and oxygen atoms in total. The number of nitrogens with one attached hydrogen (secondary N) is 2. The van der Waals surface area contributed by atoms with Crippen LogP contribution >= 0.6 is 0 Å². The first-order valence-electron chi connectivity index (χ1n) is 10.8. The van der Waals surface area contributed by atoms with E-state index in [2.05, 4.69) is 0 Å². The molecule has 0 radical (unpaired) electrons. The molecule has 0 saturated heterocycles. The summed E-state index contributed by atoms with van der Waals surface area (Å²) in [5.74, 6) is 0.0143. The van der Waals surface area contributed by atoms with Gasteiger partial charge in [-0.05, 0) is 54.0 Å². The van der Waals surface area contributed by atoms with Gasteiger partial charge in [-0.2, -0.15) is 0 Å². The normalized spacial score (nSPS) is 11.3. The summed E-state index contributed by atoms with van der Waals surface area (Å²) in [4.78, 5) is 10.9. The number of ether oxygens (including phenoxy) is 2. The molecule has 0 saturated carbocycles. The highest BCUT2D eigenvalue weighted by molar-refractivity contribution is 6.09. The van der Waals surface area contributed by atoms with E-state index in [9.17, 15) is 9.90 Å². The molecule has 3 rings (SSSR count). The van der Waals surface area contributed by atoms with Crippen LogP contribution in [0.4, 0.5) is 0 Å². The van der Waals surface area contributed by atoms with Gasteiger partial charge in [0.1, 0.15) is 24.7 Å². The van der Waals surface area contributed by atoms with E-state index in [1.54, 1.807) is 18.2 Å². The third kappa shape index (κ3) is 7.71. The highest BCUT2D eigenvalue weighted by Gasteiger charge is 2.09. The number of hydrogen-bond acceptors (Lipinski definition) is 6. The molecule has 0 fully saturated rings. The maximum Gasteiger partial charge on any atom is 0.328 e. The highest BCUT2D eigenvalue weighted by Crippen LogP contribution is 2.22. The third-order valence-corrected chi connectivity index (χ3v) is 4.91. The van der Waals surface area contributed by atoms with Crippen molar-refractivity contribution in [2.75, 3.05) is 6.61 Å². The Labute approximate surface area is 203 Å². The Morgan fingerprint density at radius 1 is 0.914 bits per heavy atom. The fraction of sp³-hybridized carbons (Fsp3) is 0.107. The van der Waals surface area contributed by atoms with Gasteiger partial charge in [0.05, 0.1) is 17.2 Å². The molecule has 0 atom stereocenters. The van der Waals surface area contributed by atoms with Crippen molar-refractivity contribution in [2.45, 2.75) is 13.5 Å². The summed E-state index contributed by atoms with van der Waals surface area (Å²) in [6, 6.07) is 21.8. The molecule has 4 N–H and O–H groups in total. The topological polar surface area (TPSA) is 124 Å². The predicted molar refractivity (Wildman–Crippen MR) is 136 cm³/mol. The van der Waals surface area contributed by atoms with E-state index in [0.717, 1.165) is 17.2 Å². The van der Waals surface area contributed by atoms with Crippen molar-refractivity contribution in [1.29, 1.82) is 10.8 Å². The number of rotatable bonds is 11. The van der Waals surface area contributed by atoms with E-state index in [0.29, 0.717) is 28.3 Å². The standard InChI is InChI=1S/C28H26N2O5/c1-19(31)15-26(29)25-16-24(13-9-21(25)10-14-28(32)33)34-17-20-7-11-23(12-8-20)35-18-27(30)22-5-3-2-4-6-22/h2-16,29-31H,17-18H2,1H3,(H,32,33)/b14-10+,19-15-,29-26?,30-27?. The van der Waals surface area contributed by atoms with Gasteiger partial charge in [-0.3, -0.25) is 0 Å². The van der Waals surface area contributed by atoms with Gasteiger partial charge in [-0.25, -0.2) is 4.79 Å². The summed E-state index contributed by atoms with van der Waals surface area (Å²) in [5, 5.41) is 34.8. The lowest BCUT2D eigenvalue weighted by atomic mass is 10.0. The minimum Gasteiger partial charge on any atom is -0.513 e. The third-order valence-electron chi connectivity index (χ3n) is 4.91. The van der Waals surface area contributed by atoms with Gasteiger partial charge < -0.3 is 30.5 Å². The number of allylic oxidation sites excluding steroid dienone is 2. The second kappa shape index (κ2) is 12.0. The molecule has 0 spiro atoms. The van der Waals surface area contributed by atoms with Crippen LogP contribution in [0.5, 0.6) is 11.5 Å². The van der Waals surface area contributed by atoms with Crippen LogP contribution in [0.15, 0.2) is 90.7 Å². The Morgan fingerprint density at radius 3 is 2.26 bits per heavy atom. The molecule has 178 valence electrons. The van der Waals surface area contributed by atoms with Crippen molar-refractivity contribution in [2.24, 2.45) is 0 Å². The van der Waals surface area contributed by atoms with Gasteiger partial charge >= 0.3 is 5.97 Å². The fourth-order valence-corrected chi connectivity index (χ4v) is 3.18. The van der Waals surface area contributed by atoms with E-state index < -0.39 is 5.97 Å². The smallest absolute Gasteiger partial charge is 0.328 e. The maximum atomic E-state index is 10.9. The number of hydrogen-bond donors (Lipinski definition) is 4. The number of carboxylic acids is 1. The molecule has 0 aliphatic carbocycles. The molecule has 0 unspecified atom stereocenters. The molecule has 0 heterocycles. The Kier molecular flexibility index (Phi) is 8.56. The lowest BCUT2D eigenvalue weighted by molar-refractivity contribution is -0.131. The van der Waals surface area contributed by atoms with E-state index in [1.165, 1.54) is 19.1 Å². The molecular formula is C28H26N2O5. The van der Waals surface area contributed by atoms with Crippen LogP contribution in [-0.4, -0.2) is 34.2 Å². The molecule has 0 aliphatic heterocycles. The molecule has 7 heteroatoms. The zero-order valence-electron chi connectivity index (χ0n) is 19.2. The van der Waals surface area contributed by atoms with Gasteiger partial charge in [0.2, 0.25) is 0 Å². The zero-order valence-corrected chi connectivity index (χ0v) is 19.2.